The lowest BCUT2D eigenvalue weighted by molar-refractivity contribution is -0.137. The molecule has 0 unspecified atom stereocenters. The molecule has 2 rings (SSSR count). The van der Waals surface area contributed by atoms with Gasteiger partial charge in [-0.2, -0.15) is 13.2 Å². The molecule has 7 heteroatoms. The molecular weight excluding hydrogens is 305 g/mol. The molecule has 1 heterocycles. The Kier molecular flexibility index (Phi) is 5.11. The van der Waals surface area contributed by atoms with Gasteiger partial charge in [0.15, 0.2) is 0 Å². The predicted molar refractivity (Wildman–Crippen MR) is 75.6 cm³/mol. The van der Waals surface area contributed by atoms with Crippen LogP contribution in [0, 0.1) is 0 Å². The third-order valence-corrected chi connectivity index (χ3v) is 3.72. The number of benzene rings is 1. The summed E-state index contributed by atoms with van der Waals surface area (Å²) in [4.78, 5) is 14.7. The van der Waals surface area contributed by atoms with Crippen LogP contribution in [-0.2, 0) is 11.0 Å². The molecule has 1 aliphatic heterocycles. The third kappa shape index (κ3) is 4.61. The molecule has 1 aliphatic rings. The molecule has 0 aliphatic carbocycles. The van der Waals surface area contributed by atoms with Crippen LogP contribution in [0.5, 0.6) is 0 Å². The Morgan fingerprint density at radius 1 is 1.19 bits per heavy atom. The van der Waals surface area contributed by atoms with Crippen LogP contribution in [0.25, 0.3) is 0 Å². The average Bonchev–Trinajstić information content (AvgIpc) is 2.45. The zero-order chi connectivity index (χ0) is 15.5. The van der Waals surface area contributed by atoms with E-state index in [0.717, 1.165) is 6.07 Å². The molecule has 0 radical (unpaired) electrons. The van der Waals surface area contributed by atoms with Gasteiger partial charge in [-0.3, -0.25) is 9.69 Å². The maximum Gasteiger partial charge on any atom is 0.416 e. The van der Waals surface area contributed by atoms with E-state index >= 15 is 0 Å². The second-order valence-corrected chi connectivity index (χ2v) is 5.40. The van der Waals surface area contributed by atoms with Gasteiger partial charge < -0.3 is 4.90 Å². The highest BCUT2D eigenvalue weighted by Gasteiger charge is 2.31. The van der Waals surface area contributed by atoms with Gasteiger partial charge in [-0.25, -0.2) is 0 Å². The van der Waals surface area contributed by atoms with Crippen molar-refractivity contribution in [3.8, 4) is 0 Å². The van der Waals surface area contributed by atoms with Crippen LogP contribution in [0.3, 0.4) is 0 Å². The minimum absolute atomic E-state index is 0.297. The van der Waals surface area contributed by atoms with Gasteiger partial charge in [0.2, 0.25) is 5.24 Å². The Bertz CT molecular complexity index is 499. The molecule has 21 heavy (non-hydrogen) atoms. The van der Waals surface area contributed by atoms with E-state index in [1.165, 1.54) is 12.1 Å². The lowest BCUT2D eigenvalue weighted by Gasteiger charge is -2.36. The SMILES string of the molecule is O=C(Cl)CCN1CCN(c2cccc(C(F)(F)F)c2)CC1. The number of carbonyl (C=O) groups excluding carboxylic acids is 1. The van der Waals surface area contributed by atoms with Crippen LogP contribution in [-0.4, -0.2) is 42.9 Å². The van der Waals surface area contributed by atoms with E-state index < -0.39 is 11.7 Å². The fraction of sp³-hybridized carbons (Fsp3) is 0.500. The van der Waals surface area contributed by atoms with Gasteiger partial charge in [0.1, 0.15) is 0 Å². The molecular formula is C14H16ClF3N2O. The molecule has 0 aromatic heterocycles. The van der Waals surface area contributed by atoms with Crippen molar-refractivity contribution in [1.29, 1.82) is 0 Å². The molecule has 0 N–H and O–H groups in total. The number of nitrogens with zero attached hydrogens (tertiary/aromatic N) is 2. The molecule has 1 aromatic carbocycles. The number of rotatable bonds is 4. The van der Waals surface area contributed by atoms with Crippen LogP contribution >= 0.6 is 11.6 Å². The van der Waals surface area contributed by atoms with E-state index in [4.69, 9.17) is 11.6 Å². The monoisotopic (exact) mass is 320 g/mol. The highest BCUT2D eigenvalue weighted by molar-refractivity contribution is 6.63. The summed E-state index contributed by atoms with van der Waals surface area (Å²) >= 11 is 5.30. The number of alkyl halides is 3. The number of hydrogen-bond donors (Lipinski definition) is 0. The van der Waals surface area contributed by atoms with Crippen LogP contribution in [0.2, 0.25) is 0 Å². The van der Waals surface area contributed by atoms with Crippen LogP contribution in [0.4, 0.5) is 18.9 Å². The van der Waals surface area contributed by atoms with E-state index in [2.05, 4.69) is 4.90 Å². The van der Waals surface area contributed by atoms with Crippen molar-refractivity contribution >= 4 is 22.5 Å². The van der Waals surface area contributed by atoms with Crippen molar-refractivity contribution in [3.63, 3.8) is 0 Å². The summed E-state index contributed by atoms with van der Waals surface area (Å²) in [7, 11) is 0. The van der Waals surface area contributed by atoms with E-state index in [-0.39, 0.29) is 5.24 Å². The van der Waals surface area contributed by atoms with E-state index in [1.807, 2.05) is 4.90 Å². The summed E-state index contributed by atoms with van der Waals surface area (Å²) in [5.74, 6) is 0. The van der Waals surface area contributed by atoms with Crippen molar-refractivity contribution in [3.05, 3.63) is 29.8 Å². The van der Waals surface area contributed by atoms with Crippen molar-refractivity contribution in [2.45, 2.75) is 12.6 Å². The molecule has 0 amide bonds. The molecule has 1 aromatic rings. The molecule has 116 valence electrons. The van der Waals surface area contributed by atoms with E-state index in [0.29, 0.717) is 44.8 Å². The first-order valence-corrected chi connectivity index (χ1v) is 7.07. The van der Waals surface area contributed by atoms with Gasteiger partial charge in [-0.1, -0.05) is 6.07 Å². The molecule has 1 saturated heterocycles. The maximum absolute atomic E-state index is 12.7. The van der Waals surface area contributed by atoms with E-state index in [9.17, 15) is 18.0 Å². The zero-order valence-electron chi connectivity index (χ0n) is 11.4. The van der Waals surface area contributed by atoms with Gasteiger partial charge in [0.25, 0.3) is 0 Å². The molecule has 0 bridgehead atoms. The summed E-state index contributed by atoms with van der Waals surface area (Å²) in [6.07, 6.45) is -4.02. The summed E-state index contributed by atoms with van der Waals surface area (Å²) in [6, 6.07) is 5.37. The highest BCUT2D eigenvalue weighted by atomic mass is 35.5. The lowest BCUT2D eigenvalue weighted by atomic mass is 10.1. The van der Waals surface area contributed by atoms with Crippen molar-refractivity contribution in [2.75, 3.05) is 37.6 Å². The van der Waals surface area contributed by atoms with Crippen molar-refractivity contribution in [1.82, 2.24) is 4.90 Å². The summed E-state index contributed by atoms with van der Waals surface area (Å²) in [5, 5.41) is -0.365. The molecule has 0 atom stereocenters. The molecule has 0 spiro atoms. The Hall–Kier alpha value is -1.27. The minimum atomic E-state index is -4.32. The molecule has 1 fully saturated rings. The Morgan fingerprint density at radius 3 is 2.43 bits per heavy atom. The van der Waals surface area contributed by atoms with Gasteiger partial charge in [-0.05, 0) is 29.8 Å². The normalized spacial score (nSPS) is 17.0. The quantitative estimate of drug-likeness (QED) is 0.797. The number of hydrogen-bond acceptors (Lipinski definition) is 3. The summed E-state index contributed by atoms with van der Waals surface area (Å²) < 4.78 is 38.1. The fourth-order valence-electron chi connectivity index (χ4n) is 2.35. The lowest BCUT2D eigenvalue weighted by Crippen LogP contribution is -2.46. The highest BCUT2D eigenvalue weighted by Crippen LogP contribution is 2.31. The Balaban J connectivity index is 1.95. The Morgan fingerprint density at radius 2 is 1.86 bits per heavy atom. The van der Waals surface area contributed by atoms with Gasteiger partial charge >= 0.3 is 6.18 Å². The maximum atomic E-state index is 12.7. The van der Waals surface area contributed by atoms with Gasteiger partial charge in [0, 0.05) is 44.8 Å². The standard InChI is InChI=1S/C14H16ClF3N2O/c15-13(21)4-5-19-6-8-20(9-7-19)12-3-1-2-11(10-12)14(16,17)18/h1-3,10H,4-9H2. The third-order valence-electron chi connectivity index (χ3n) is 3.54. The first-order chi connectivity index (χ1) is 9.86. The first kappa shape index (κ1) is 16.1. The molecule has 0 saturated carbocycles. The summed E-state index contributed by atoms with van der Waals surface area (Å²) in [6.45, 7) is 3.29. The first-order valence-electron chi connectivity index (χ1n) is 6.69. The fourth-order valence-corrected chi connectivity index (χ4v) is 2.44. The van der Waals surface area contributed by atoms with Crippen molar-refractivity contribution < 1.29 is 18.0 Å². The largest absolute Gasteiger partial charge is 0.416 e. The molecule has 3 nitrogen and oxygen atoms in total. The predicted octanol–water partition coefficient (Wildman–Crippen LogP) is 2.98. The zero-order valence-corrected chi connectivity index (χ0v) is 12.1. The summed E-state index contributed by atoms with van der Waals surface area (Å²) in [5.41, 5.74) is -0.0481. The number of anilines is 1. The van der Waals surface area contributed by atoms with Gasteiger partial charge in [-0.15, -0.1) is 0 Å². The Labute approximate surface area is 126 Å². The van der Waals surface area contributed by atoms with E-state index in [1.54, 1.807) is 6.07 Å². The minimum Gasteiger partial charge on any atom is -0.369 e. The number of piperazine rings is 1. The van der Waals surface area contributed by atoms with Crippen LogP contribution < -0.4 is 4.90 Å². The number of halogens is 4. The second-order valence-electron chi connectivity index (χ2n) is 4.98. The van der Waals surface area contributed by atoms with Gasteiger partial charge in [0.05, 0.1) is 5.56 Å². The van der Waals surface area contributed by atoms with Crippen molar-refractivity contribution in [2.24, 2.45) is 0 Å². The average molecular weight is 321 g/mol. The smallest absolute Gasteiger partial charge is 0.369 e. The topological polar surface area (TPSA) is 23.6 Å². The second kappa shape index (κ2) is 6.66. The van der Waals surface area contributed by atoms with Crippen LogP contribution in [0.1, 0.15) is 12.0 Å². The number of carbonyl (C=O) groups is 1. The van der Waals surface area contributed by atoms with Crippen LogP contribution in [0.15, 0.2) is 24.3 Å².